The van der Waals surface area contributed by atoms with Gasteiger partial charge in [-0.15, -0.1) is 0 Å². The number of rotatable bonds is 4. The lowest BCUT2D eigenvalue weighted by molar-refractivity contribution is -0.128. The first kappa shape index (κ1) is 22.6. The Labute approximate surface area is 182 Å². The van der Waals surface area contributed by atoms with Crippen LogP contribution >= 0.6 is 0 Å². The Morgan fingerprint density at radius 3 is 2.17 bits per heavy atom. The number of benzene rings is 1. The fourth-order valence-electron chi connectivity index (χ4n) is 5.03. The Kier molecular flexibility index (Phi) is 7.10. The molecule has 3 rings (SSSR count). The van der Waals surface area contributed by atoms with Crippen molar-refractivity contribution in [2.75, 3.05) is 18.4 Å². The Morgan fingerprint density at radius 2 is 1.63 bits per heavy atom. The predicted molar refractivity (Wildman–Crippen MR) is 122 cm³/mol. The topological polar surface area (TPSA) is 61.4 Å². The minimum Gasteiger partial charge on any atom is -0.335 e. The van der Waals surface area contributed by atoms with E-state index in [4.69, 9.17) is 0 Å². The summed E-state index contributed by atoms with van der Waals surface area (Å²) >= 11 is 0. The monoisotopic (exact) mass is 413 g/mol. The Balaban J connectivity index is 1.49. The van der Waals surface area contributed by atoms with Crippen LogP contribution in [0.2, 0.25) is 0 Å². The molecule has 1 aromatic carbocycles. The first-order chi connectivity index (χ1) is 14.2. The highest BCUT2D eigenvalue weighted by atomic mass is 16.2. The molecule has 2 aliphatic rings. The number of urea groups is 1. The van der Waals surface area contributed by atoms with Gasteiger partial charge in [-0.3, -0.25) is 4.79 Å². The number of para-hydroxylation sites is 1. The molecule has 1 saturated heterocycles. The number of nitrogens with zero attached hydrogens (tertiary/aromatic N) is 1. The number of hydrogen-bond acceptors (Lipinski definition) is 2. The summed E-state index contributed by atoms with van der Waals surface area (Å²) in [6.07, 6.45) is 6.73. The van der Waals surface area contributed by atoms with Gasteiger partial charge >= 0.3 is 6.03 Å². The zero-order valence-electron chi connectivity index (χ0n) is 19.2. The fraction of sp³-hybridized carbons (Fsp3) is 0.680. The van der Waals surface area contributed by atoms with Gasteiger partial charge in [0.1, 0.15) is 0 Å². The van der Waals surface area contributed by atoms with Gasteiger partial charge in [0.25, 0.3) is 0 Å². The van der Waals surface area contributed by atoms with E-state index in [9.17, 15) is 9.59 Å². The van der Waals surface area contributed by atoms with Crippen molar-refractivity contribution in [2.24, 2.45) is 16.7 Å². The number of piperidine rings is 1. The molecule has 0 unspecified atom stereocenters. The summed E-state index contributed by atoms with van der Waals surface area (Å²) in [4.78, 5) is 27.7. The molecule has 1 saturated carbocycles. The molecule has 166 valence electrons. The van der Waals surface area contributed by atoms with Gasteiger partial charge in [-0.2, -0.15) is 0 Å². The summed E-state index contributed by atoms with van der Waals surface area (Å²) in [5.74, 6) is 0.825. The SMILES string of the molecule is CCC1(C(=O)Nc2ccccc2)CCN(C(=O)NC2CCC(C(C)(C)C)CC2)CC1. The van der Waals surface area contributed by atoms with Crippen molar-refractivity contribution in [3.8, 4) is 0 Å². The van der Waals surface area contributed by atoms with Gasteiger partial charge in [0.2, 0.25) is 5.91 Å². The molecule has 3 amide bonds. The highest BCUT2D eigenvalue weighted by Crippen LogP contribution is 2.38. The smallest absolute Gasteiger partial charge is 0.317 e. The van der Waals surface area contributed by atoms with Crippen molar-refractivity contribution in [1.82, 2.24) is 10.2 Å². The Bertz CT molecular complexity index is 710. The molecule has 0 aromatic heterocycles. The quantitative estimate of drug-likeness (QED) is 0.691. The zero-order valence-corrected chi connectivity index (χ0v) is 19.2. The lowest BCUT2D eigenvalue weighted by atomic mass is 9.71. The van der Waals surface area contributed by atoms with E-state index in [0.717, 1.165) is 30.9 Å². The van der Waals surface area contributed by atoms with E-state index in [1.54, 1.807) is 0 Å². The maximum atomic E-state index is 13.0. The molecule has 0 radical (unpaired) electrons. The average Bonchev–Trinajstić information content (AvgIpc) is 2.74. The van der Waals surface area contributed by atoms with Crippen LogP contribution in [0, 0.1) is 16.7 Å². The van der Waals surface area contributed by atoms with Crippen molar-refractivity contribution in [3.63, 3.8) is 0 Å². The second-order valence-corrected chi connectivity index (χ2v) is 10.3. The number of amides is 3. The predicted octanol–water partition coefficient (Wildman–Crippen LogP) is 5.43. The van der Waals surface area contributed by atoms with E-state index in [1.807, 2.05) is 35.2 Å². The largest absolute Gasteiger partial charge is 0.335 e. The summed E-state index contributed by atoms with van der Waals surface area (Å²) < 4.78 is 0. The van der Waals surface area contributed by atoms with Crippen LogP contribution in [-0.2, 0) is 4.79 Å². The third kappa shape index (κ3) is 5.35. The van der Waals surface area contributed by atoms with Gasteiger partial charge in [0.05, 0.1) is 5.41 Å². The summed E-state index contributed by atoms with van der Waals surface area (Å²) in [6.45, 7) is 10.3. The second-order valence-electron chi connectivity index (χ2n) is 10.3. The number of nitrogens with one attached hydrogen (secondary N) is 2. The van der Waals surface area contributed by atoms with Crippen LogP contribution in [0.25, 0.3) is 0 Å². The summed E-state index contributed by atoms with van der Waals surface area (Å²) in [7, 11) is 0. The first-order valence-corrected chi connectivity index (χ1v) is 11.7. The lowest BCUT2D eigenvalue weighted by Crippen LogP contribution is -2.52. The van der Waals surface area contributed by atoms with E-state index in [0.29, 0.717) is 31.3 Å². The standard InChI is InChI=1S/C25H39N3O2/c1-5-25(22(29)26-20-9-7-6-8-10-20)15-17-28(18-16-25)23(30)27-21-13-11-19(12-14-21)24(2,3)4/h6-10,19,21H,5,11-18H2,1-4H3,(H,26,29)(H,27,30). The molecule has 0 spiro atoms. The van der Waals surface area contributed by atoms with Crippen molar-refractivity contribution in [1.29, 1.82) is 0 Å². The lowest BCUT2D eigenvalue weighted by Gasteiger charge is -2.41. The second kappa shape index (κ2) is 9.40. The molecular formula is C25H39N3O2. The molecule has 1 heterocycles. The van der Waals surface area contributed by atoms with Gasteiger partial charge in [-0.1, -0.05) is 45.9 Å². The van der Waals surface area contributed by atoms with E-state index >= 15 is 0 Å². The fourth-order valence-corrected chi connectivity index (χ4v) is 5.03. The Morgan fingerprint density at radius 1 is 1.03 bits per heavy atom. The molecule has 1 aliphatic carbocycles. The van der Waals surface area contributed by atoms with E-state index in [2.05, 4.69) is 38.3 Å². The number of hydrogen-bond donors (Lipinski definition) is 2. The molecule has 2 fully saturated rings. The van der Waals surface area contributed by atoms with E-state index in [-0.39, 0.29) is 18.0 Å². The van der Waals surface area contributed by atoms with Gasteiger partial charge < -0.3 is 15.5 Å². The normalized spacial score (nSPS) is 24.2. The maximum absolute atomic E-state index is 13.0. The highest BCUT2D eigenvalue weighted by molar-refractivity contribution is 5.95. The molecule has 0 bridgehead atoms. The molecule has 0 atom stereocenters. The van der Waals surface area contributed by atoms with E-state index in [1.165, 1.54) is 12.8 Å². The zero-order chi connectivity index (χ0) is 21.8. The van der Waals surface area contributed by atoms with E-state index < -0.39 is 5.41 Å². The third-order valence-electron chi connectivity index (χ3n) is 7.48. The van der Waals surface area contributed by atoms with Crippen LogP contribution in [0.4, 0.5) is 10.5 Å². The molecule has 1 aliphatic heterocycles. The minimum atomic E-state index is -0.391. The first-order valence-electron chi connectivity index (χ1n) is 11.7. The minimum absolute atomic E-state index is 0.0439. The molecule has 1 aromatic rings. The number of likely N-dealkylation sites (tertiary alicyclic amines) is 1. The number of anilines is 1. The van der Waals surface area contributed by atoms with Crippen LogP contribution in [0.3, 0.4) is 0 Å². The van der Waals surface area contributed by atoms with Gasteiger partial charge in [0.15, 0.2) is 0 Å². The van der Waals surface area contributed by atoms with Crippen LogP contribution in [0.15, 0.2) is 30.3 Å². The van der Waals surface area contributed by atoms with Gasteiger partial charge in [-0.05, 0) is 68.4 Å². The van der Waals surface area contributed by atoms with Gasteiger partial charge in [0, 0.05) is 24.8 Å². The van der Waals surface area contributed by atoms with Crippen LogP contribution in [0.5, 0.6) is 0 Å². The molecule has 5 nitrogen and oxygen atoms in total. The number of carbonyl (C=O) groups excluding carboxylic acids is 2. The van der Waals surface area contributed by atoms with Crippen molar-refractivity contribution >= 4 is 17.6 Å². The molecule has 5 heteroatoms. The highest BCUT2D eigenvalue weighted by Gasteiger charge is 2.41. The Hall–Kier alpha value is -2.04. The van der Waals surface area contributed by atoms with Crippen molar-refractivity contribution in [2.45, 2.75) is 78.7 Å². The van der Waals surface area contributed by atoms with Gasteiger partial charge in [-0.25, -0.2) is 4.79 Å². The van der Waals surface area contributed by atoms with Crippen LogP contribution in [-0.4, -0.2) is 36.0 Å². The van der Waals surface area contributed by atoms with Crippen LogP contribution < -0.4 is 10.6 Å². The molecule has 30 heavy (non-hydrogen) atoms. The maximum Gasteiger partial charge on any atom is 0.317 e. The molecular weight excluding hydrogens is 374 g/mol. The third-order valence-corrected chi connectivity index (χ3v) is 7.48. The summed E-state index contributed by atoms with van der Waals surface area (Å²) in [5, 5.41) is 6.33. The summed E-state index contributed by atoms with van der Waals surface area (Å²) in [6, 6.07) is 9.96. The average molecular weight is 414 g/mol. The van der Waals surface area contributed by atoms with Crippen molar-refractivity contribution in [3.05, 3.63) is 30.3 Å². The van der Waals surface area contributed by atoms with Crippen molar-refractivity contribution < 1.29 is 9.59 Å². The van der Waals surface area contributed by atoms with Crippen LogP contribution in [0.1, 0.15) is 72.6 Å². The molecule has 2 N–H and O–H groups in total. The number of carbonyl (C=O) groups is 2. The summed E-state index contributed by atoms with van der Waals surface area (Å²) in [5.41, 5.74) is 0.796.